The fraction of sp³-hybridized carbons (Fsp3) is 0.625. The molecule has 0 bridgehead atoms. The van der Waals surface area contributed by atoms with Gasteiger partial charge in [-0.15, -0.1) is 0 Å². The number of carbonyl (C=O) groups excluding carboxylic acids is 1. The maximum atomic E-state index is 11.6. The molecule has 1 fully saturated rings. The highest BCUT2D eigenvalue weighted by atomic mass is 32.1. The number of rotatable bonds is 9. The summed E-state index contributed by atoms with van der Waals surface area (Å²) in [5.74, 6) is -0.977. The number of carbonyl (C=O) groups is 1. The van der Waals surface area contributed by atoms with Crippen molar-refractivity contribution in [3.63, 3.8) is 0 Å². The second-order valence-corrected chi connectivity index (χ2v) is 10.2. The molecular weight excluding hydrogens is 455 g/mol. The van der Waals surface area contributed by atoms with E-state index in [1.165, 1.54) is 0 Å². The van der Waals surface area contributed by atoms with Gasteiger partial charge >= 0.3 is 23.5 Å². The molecule has 19 heteroatoms. The maximum absolute atomic E-state index is 11.6. The fourth-order valence-corrected chi connectivity index (χ4v) is 5.73. The van der Waals surface area contributed by atoms with Crippen LogP contribution in [0.25, 0.3) is 0 Å². The number of hydrogen-bond acceptors (Lipinski definition) is 11. The van der Waals surface area contributed by atoms with Crippen molar-refractivity contribution >= 4 is 40.9 Å². The Morgan fingerprint density at radius 3 is 2.41 bits per heavy atom. The average molecular weight is 469 g/mol. The van der Waals surface area contributed by atoms with Crippen LogP contribution in [-0.4, -0.2) is 47.5 Å². The molecular formula is C8H14N3O12P3S. The summed E-state index contributed by atoms with van der Waals surface area (Å²) in [5.41, 5.74) is 5.04. The Kier molecular flexibility index (Phi) is 7.07. The lowest BCUT2D eigenvalue weighted by Gasteiger charge is -2.18. The maximum Gasteiger partial charge on any atom is 0.490 e. The SMILES string of the molecule is NC(=O)c1nsc([C@H]2CC[C@@H](COP(=O)(O)OP(=O)(O)OP(=O)(O)O)O2)n1. The van der Waals surface area contributed by atoms with Crippen LogP contribution < -0.4 is 5.73 Å². The van der Waals surface area contributed by atoms with E-state index in [2.05, 4.69) is 22.5 Å². The highest BCUT2D eigenvalue weighted by Crippen LogP contribution is 2.66. The van der Waals surface area contributed by atoms with Gasteiger partial charge in [0.25, 0.3) is 5.91 Å². The van der Waals surface area contributed by atoms with E-state index in [0.29, 0.717) is 17.8 Å². The van der Waals surface area contributed by atoms with Gasteiger partial charge in [0.15, 0.2) is 0 Å². The molecule has 4 atom stereocenters. The quantitative estimate of drug-likeness (QED) is 0.304. The molecule has 0 saturated carbocycles. The van der Waals surface area contributed by atoms with Gasteiger partial charge in [0, 0.05) is 0 Å². The molecule has 0 spiro atoms. The van der Waals surface area contributed by atoms with Crippen molar-refractivity contribution in [3.8, 4) is 0 Å². The molecule has 1 saturated heterocycles. The molecule has 6 N–H and O–H groups in total. The lowest BCUT2D eigenvalue weighted by Crippen LogP contribution is -2.15. The van der Waals surface area contributed by atoms with Crippen molar-refractivity contribution in [2.45, 2.75) is 25.0 Å². The molecule has 1 amide bonds. The van der Waals surface area contributed by atoms with Crippen LogP contribution >= 0.6 is 35.0 Å². The zero-order valence-corrected chi connectivity index (χ0v) is 16.6. The molecule has 0 aromatic carbocycles. The lowest BCUT2D eigenvalue weighted by molar-refractivity contribution is 0.00994. The minimum absolute atomic E-state index is 0.171. The van der Waals surface area contributed by atoms with Crippen LogP contribution in [0.2, 0.25) is 0 Å². The number of amides is 1. The second-order valence-electron chi connectivity index (χ2n) is 5.03. The van der Waals surface area contributed by atoms with Crippen molar-refractivity contribution in [1.29, 1.82) is 0 Å². The first-order valence-electron chi connectivity index (χ1n) is 6.83. The minimum atomic E-state index is -5.57. The fourth-order valence-electron chi connectivity index (χ4n) is 1.96. The van der Waals surface area contributed by atoms with Gasteiger partial charge in [-0.25, -0.2) is 18.7 Å². The normalized spacial score (nSPS) is 25.0. The largest absolute Gasteiger partial charge is 0.490 e. The number of nitrogens with two attached hydrogens (primary N) is 1. The van der Waals surface area contributed by atoms with Gasteiger partial charge in [0.05, 0.1) is 12.7 Å². The van der Waals surface area contributed by atoms with Crippen molar-refractivity contribution in [1.82, 2.24) is 9.36 Å². The van der Waals surface area contributed by atoms with Gasteiger partial charge in [-0.05, 0) is 24.4 Å². The smallest absolute Gasteiger partial charge is 0.365 e. The number of primary amides is 1. The van der Waals surface area contributed by atoms with Crippen LogP contribution in [0.15, 0.2) is 0 Å². The van der Waals surface area contributed by atoms with E-state index < -0.39 is 48.2 Å². The summed E-state index contributed by atoms with van der Waals surface area (Å²) in [4.78, 5) is 50.1. The number of aromatic nitrogens is 2. The van der Waals surface area contributed by atoms with Crippen LogP contribution in [0, 0.1) is 0 Å². The van der Waals surface area contributed by atoms with E-state index in [4.69, 9.17) is 25.2 Å². The standard InChI is InChI=1S/C8H14N3O12P3S/c9-6(12)7-10-8(27-11-7)5-2-1-4(21-5)3-20-25(16,17)23-26(18,19)22-24(13,14)15/h4-5H,1-3H2,(H2,9,12)(H,16,17)(H,18,19)(H2,13,14,15)/t4-,5+/m0/s1. The number of phosphoric ester groups is 1. The Hall–Kier alpha value is -0.600. The lowest BCUT2D eigenvalue weighted by atomic mass is 10.2. The van der Waals surface area contributed by atoms with Crippen molar-refractivity contribution < 1.29 is 55.9 Å². The van der Waals surface area contributed by atoms with E-state index in [1.807, 2.05) is 0 Å². The van der Waals surface area contributed by atoms with Gasteiger partial charge in [-0.1, -0.05) is 0 Å². The molecule has 2 unspecified atom stereocenters. The highest BCUT2D eigenvalue weighted by Gasteiger charge is 2.41. The Morgan fingerprint density at radius 1 is 1.19 bits per heavy atom. The van der Waals surface area contributed by atoms with Crippen LogP contribution in [0.4, 0.5) is 0 Å². The monoisotopic (exact) mass is 469 g/mol. The van der Waals surface area contributed by atoms with E-state index >= 15 is 0 Å². The van der Waals surface area contributed by atoms with Gasteiger partial charge in [0.2, 0.25) is 5.82 Å². The zero-order chi connectivity index (χ0) is 20.5. The highest BCUT2D eigenvalue weighted by molar-refractivity contribution is 7.66. The topological polar surface area (TPSA) is 238 Å². The Balaban J connectivity index is 1.87. The third-order valence-electron chi connectivity index (χ3n) is 2.88. The summed E-state index contributed by atoms with van der Waals surface area (Å²) in [7, 11) is -16.2. The third kappa shape index (κ3) is 7.38. The molecule has 1 aliphatic rings. The first-order valence-corrected chi connectivity index (χ1v) is 12.1. The molecule has 2 heterocycles. The number of phosphoric acid groups is 3. The van der Waals surface area contributed by atoms with Crippen molar-refractivity contribution in [2.24, 2.45) is 5.73 Å². The minimum Gasteiger partial charge on any atom is -0.365 e. The summed E-state index contributed by atoms with van der Waals surface area (Å²) in [6.45, 7) is -0.554. The molecule has 1 aromatic heterocycles. The third-order valence-corrected chi connectivity index (χ3v) is 7.49. The summed E-state index contributed by atoms with van der Waals surface area (Å²) in [6, 6.07) is 0. The van der Waals surface area contributed by atoms with Crippen LogP contribution in [0.3, 0.4) is 0 Å². The van der Waals surface area contributed by atoms with E-state index in [0.717, 1.165) is 11.5 Å². The van der Waals surface area contributed by atoms with Crippen molar-refractivity contribution in [3.05, 3.63) is 10.8 Å². The van der Waals surface area contributed by atoms with Crippen LogP contribution in [0.1, 0.15) is 34.6 Å². The summed E-state index contributed by atoms with van der Waals surface area (Å²) < 4.78 is 54.3. The summed E-state index contributed by atoms with van der Waals surface area (Å²) >= 11 is 0.897. The number of nitrogens with zero attached hydrogens (tertiary/aromatic N) is 2. The van der Waals surface area contributed by atoms with Gasteiger partial charge in [0.1, 0.15) is 11.1 Å². The molecule has 0 aliphatic carbocycles. The molecule has 1 aliphatic heterocycles. The van der Waals surface area contributed by atoms with Gasteiger partial charge < -0.3 is 30.0 Å². The molecule has 15 nitrogen and oxygen atoms in total. The van der Waals surface area contributed by atoms with Gasteiger partial charge in [-0.3, -0.25) is 9.32 Å². The summed E-state index contributed by atoms with van der Waals surface area (Å²) in [5, 5.41) is 0.365. The number of ether oxygens (including phenoxy) is 1. The molecule has 1 aromatic rings. The predicted molar refractivity (Wildman–Crippen MR) is 85.1 cm³/mol. The van der Waals surface area contributed by atoms with E-state index in [1.54, 1.807) is 0 Å². The van der Waals surface area contributed by atoms with E-state index in [-0.39, 0.29) is 5.82 Å². The van der Waals surface area contributed by atoms with Crippen molar-refractivity contribution in [2.75, 3.05) is 6.61 Å². The first-order chi connectivity index (χ1) is 12.3. The van der Waals surface area contributed by atoms with E-state index in [9.17, 15) is 23.4 Å². The molecule has 27 heavy (non-hydrogen) atoms. The first kappa shape index (κ1) is 22.7. The Bertz CT molecular complexity index is 840. The number of hydrogen-bond donors (Lipinski definition) is 5. The predicted octanol–water partition coefficient (Wildman–Crippen LogP) is 0.200. The van der Waals surface area contributed by atoms with Crippen LogP contribution in [-0.2, 0) is 31.6 Å². The zero-order valence-electron chi connectivity index (χ0n) is 13.1. The molecule has 154 valence electrons. The van der Waals surface area contributed by atoms with Crippen LogP contribution in [0.5, 0.6) is 0 Å². The molecule has 2 rings (SSSR count). The summed E-state index contributed by atoms with van der Waals surface area (Å²) in [6.07, 6.45) is -0.546. The Morgan fingerprint density at radius 2 is 1.85 bits per heavy atom. The molecule has 0 radical (unpaired) electrons. The Labute approximate surface area is 155 Å². The van der Waals surface area contributed by atoms with Gasteiger partial charge in [-0.2, -0.15) is 13.0 Å². The average Bonchev–Trinajstić information content (AvgIpc) is 3.10. The second kappa shape index (κ2) is 8.41.